The van der Waals surface area contributed by atoms with Crippen LogP contribution in [0.5, 0.6) is 5.75 Å². The van der Waals surface area contributed by atoms with Crippen LogP contribution in [-0.2, 0) is 13.0 Å². The topological polar surface area (TPSA) is 65.3 Å². The van der Waals surface area contributed by atoms with E-state index in [0.717, 1.165) is 12.0 Å². The van der Waals surface area contributed by atoms with Crippen molar-refractivity contribution in [2.24, 2.45) is 0 Å². The van der Waals surface area contributed by atoms with Gasteiger partial charge in [0.25, 0.3) is 0 Å². The lowest BCUT2D eigenvalue weighted by Crippen LogP contribution is -2.01. The van der Waals surface area contributed by atoms with Crippen molar-refractivity contribution in [1.82, 2.24) is 4.98 Å². The van der Waals surface area contributed by atoms with Gasteiger partial charge < -0.3 is 4.74 Å². The minimum Gasteiger partial charge on any atom is -0.482 e. The van der Waals surface area contributed by atoms with Gasteiger partial charge in [0.2, 0.25) is 0 Å². The first-order valence-electron chi connectivity index (χ1n) is 6.11. The highest BCUT2D eigenvalue weighted by Gasteiger charge is 2.16. The van der Waals surface area contributed by atoms with Crippen LogP contribution in [0.25, 0.3) is 0 Å². The van der Waals surface area contributed by atoms with E-state index in [9.17, 15) is 10.1 Å². The molecule has 20 heavy (non-hydrogen) atoms. The van der Waals surface area contributed by atoms with E-state index in [-0.39, 0.29) is 18.0 Å². The van der Waals surface area contributed by atoms with Gasteiger partial charge in [0.1, 0.15) is 11.8 Å². The molecular weight excluding hydrogens is 280 g/mol. The number of nitrogens with zero attached hydrogens (tertiary/aromatic N) is 2. The van der Waals surface area contributed by atoms with Gasteiger partial charge in [-0.25, -0.2) is 4.98 Å². The zero-order valence-corrected chi connectivity index (χ0v) is 11.6. The smallest absolute Gasteiger partial charge is 0.311 e. The Morgan fingerprint density at radius 2 is 2.20 bits per heavy atom. The van der Waals surface area contributed by atoms with Crippen LogP contribution in [0, 0.1) is 10.1 Å². The van der Waals surface area contributed by atoms with E-state index in [1.54, 1.807) is 24.4 Å². The number of hydrogen-bond acceptors (Lipinski definition) is 4. The number of nitro benzene ring substituents is 1. The summed E-state index contributed by atoms with van der Waals surface area (Å²) in [6.07, 6.45) is 2.31. The Morgan fingerprint density at radius 1 is 1.40 bits per heavy atom. The maximum Gasteiger partial charge on any atom is 0.311 e. The SMILES string of the molecule is CCc1ccc(OCc2cccnc2Cl)c([N+](=O)[O-])c1. The van der Waals surface area contributed by atoms with Crippen molar-refractivity contribution >= 4 is 17.3 Å². The molecule has 0 amide bonds. The van der Waals surface area contributed by atoms with Crippen LogP contribution in [-0.4, -0.2) is 9.91 Å². The van der Waals surface area contributed by atoms with Crippen molar-refractivity contribution in [1.29, 1.82) is 0 Å². The summed E-state index contributed by atoms with van der Waals surface area (Å²) in [6.45, 7) is 2.08. The van der Waals surface area contributed by atoms with E-state index in [4.69, 9.17) is 16.3 Å². The summed E-state index contributed by atoms with van der Waals surface area (Å²) in [5.74, 6) is 0.229. The van der Waals surface area contributed by atoms with Gasteiger partial charge >= 0.3 is 5.69 Å². The number of benzene rings is 1. The third-order valence-electron chi connectivity index (χ3n) is 2.85. The van der Waals surface area contributed by atoms with Crippen molar-refractivity contribution in [3.8, 4) is 5.75 Å². The maximum atomic E-state index is 11.1. The lowest BCUT2D eigenvalue weighted by Gasteiger charge is -2.08. The molecule has 0 aliphatic carbocycles. The third-order valence-corrected chi connectivity index (χ3v) is 3.19. The van der Waals surface area contributed by atoms with Gasteiger partial charge in [-0.3, -0.25) is 10.1 Å². The van der Waals surface area contributed by atoms with Gasteiger partial charge in [-0.05, 0) is 24.1 Å². The van der Waals surface area contributed by atoms with Crippen molar-refractivity contribution in [2.75, 3.05) is 0 Å². The Hall–Kier alpha value is -2.14. The Kier molecular flexibility index (Phi) is 4.53. The fourth-order valence-electron chi connectivity index (χ4n) is 1.73. The Labute approximate surface area is 121 Å². The van der Waals surface area contributed by atoms with Crippen molar-refractivity contribution in [2.45, 2.75) is 20.0 Å². The molecule has 2 aromatic rings. The highest BCUT2D eigenvalue weighted by molar-refractivity contribution is 6.30. The number of nitro groups is 1. The van der Waals surface area contributed by atoms with E-state index >= 15 is 0 Å². The van der Waals surface area contributed by atoms with Crippen LogP contribution in [0.4, 0.5) is 5.69 Å². The molecule has 0 aliphatic rings. The summed E-state index contributed by atoms with van der Waals surface area (Å²) >= 11 is 5.92. The quantitative estimate of drug-likeness (QED) is 0.478. The van der Waals surface area contributed by atoms with Crippen LogP contribution < -0.4 is 4.74 Å². The molecule has 0 spiro atoms. The average Bonchev–Trinajstić information content (AvgIpc) is 2.46. The van der Waals surface area contributed by atoms with Crippen molar-refractivity contribution in [3.05, 3.63) is 62.9 Å². The molecule has 0 N–H and O–H groups in total. The van der Waals surface area contributed by atoms with Gasteiger partial charge in [-0.15, -0.1) is 0 Å². The zero-order valence-electron chi connectivity index (χ0n) is 10.9. The van der Waals surface area contributed by atoms with Crippen molar-refractivity contribution in [3.63, 3.8) is 0 Å². The van der Waals surface area contributed by atoms with Gasteiger partial charge in [-0.2, -0.15) is 0 Å². The first kappa shape index (κ1) is 14.3. The van der Waals surface area contributed by atoms with E-state index in [1.165, 1.54) is 6.07 Å². The number of pyridine rings is 1. The summed E-state index contributed by atoms with van der Waals surface area (Å²) < 4.78 is 5.50. The van der Waals surface area contributed by atoms with Crippen LogP contribution in [0.1, 0.15) is 18.1 Å². The fourth-order valence-corrected chi connectivity index (χ4v) is 1.90. The molecule has 0 radical (unpaired) electrons. The summed E-state index contributed by atoms with van der Waals surface area (Å²) in [4.78, 5) is 14.5. The van der Waals surface area contributed by atoms with Crippen LogP contribution in [0.2, 0.25) is 5.15 Å². The number of ether oxygens (including phenoxy) is 1. The molecule has 5 nitrogen and oxygen atoms in total. The van der Waals surface area contributed by atoms with Gasteiger partial charge in [0.05, 0.1) is 4.92 Å². The first-order chi connectivity index (χ1) is 9.61. The van der Waals surface area contributed by atoms with Gasteiger partial charge in [-0.1, -0.05) is 30.7 Å². The van der Waals surface area contributed by atoms with Gasteiger partial charge in [0, 0.05) is 17.8 Å². The largest absolute Gasteiger partial charge is 0.482 e. The van der Waals surface area contributed by atoms with E-state index < -0.39 is 4.92 Å². The molecule has 104 valence electrons. The third kappa shape index (κ3) is 3.24. The summed E-state index contributed by atoms with van der Waals surface area (Å²) in [5.41, 5.74) is 1.54. The first-order valence-corrected chi connectivity index (χ1v) is 6.49. The number of halogens is 1. The average molecular weight is 293 g/mol. The lowest BCUT2D eigenvalue weighted by atomic mass is 10.1. The number of rotatable bonds is 5. The summed E-state index contributed by atoms with van der Waals surface area (Å²) in [5, 5.41) is 11.4. The molecule has 6 heteroatoms. The minimum atomic E-state index is -0.445. The second-order valence-corrected chi connectivity index (χ2v) is 4.51. The van der Waals surface area contributed by atoms with E-state index in [0.29, 0.717) is 10.7 Å². The standard InChI is InChI=1S/C14H13ClN2O3/c1-2-10-5-6-13(12(8-10)17(18)19)20-9-11-4-3-7-16-14(11)15/h3-8H,2,9H2,1H3. The summed E-state index contributed by atoms with van der Waals surface area (Å²) in [6, 6.07) is 8.45. The molecule has 0 fully saturated rings. The molecule has 0 unspecified atom stereocenters. The molecule has 0 bridgehead atoms. The molecule has 0 atom stereocenters. The van der Waals surface area contributed by atoms with E-state index in [2.05, 4.69) is 4.98 Å². The Bertz CT molecular complexity index is 632. The highest BCUT2D eigenvalue weighted by atomic mass is 35.5. The fraction of sp³-hybridized carbons (Fsp3) is 0.214. The van der Waals surface area contributed by atoms with Crippen LogP contribution in [0.3, 0.4) is 0 Å². The zero-order chi connectivity index (χ0) is 14.5. The highest BCUT2D eigenvalue weighted by Crippen LogP contribution is 2.29. The second kappa shape index (κ2) is 6.34. The lowest BCUT2D eigenvalue weighted by molar-refractivity contribution is -0.386. The van der Waals surface area contributed by atoms with Gasteiger partial charge in [0.15, 0.2) is 5.75 Å². The molecule has 1 aromatic heterocycles. The molecule has 0 aliphatic heterocycles. The molecule has 1 aromatic carbocycles. The number of hydrogen-bond donors (Lipinski definition) is 0. The predicted molar refractivity (Wildman–Crippen MR) is 76.1 cm³/mol. The molecule has 0 saturated heterocycles. The number of aryl methyl sites for hydroxylation is 1. The van der Waals surface area contributed by atoms with Crippen LogP contribution >= 0.6 is 11.6 Å². The summed E-state index contributed by atoms with van der Waals surface area (Å²) in [7, 11) is 0. The number of aromatic nitrogens is 1. The molecule has 0 saturated carbocycles. The maximum absolute atomic E-state index is 11.1. The Morgan fingerprint density at radius 3 is 2.85 bits per heavy atom. The molecule has 2 rings (SSSR count). The molecule has 1 heterocycles. The monoisotopic (exact) mass is 292 g/mol. The minimum absolute atomic E-state index is 0.0376. The van der Waals surface area contributed by atoms with Crippen molar-refractivity contribution < 1.29 is 9.66 Å². The van der Waals surface area contributed by atoms with E-state index in [1.807, 2.05) is 13.0 Å². The Balaban J connectivity index is 2.21. The second-order valence-electron chi connectivity index (χ2n) is 4.15. The normalized spacial score (nSPS) is 10.3. The predicted octanol–water partition coefficient (Wildman–Crippen LogP) is 3.78. The molecular formula is C14H13ClN2O3. The van der Waals surface area contributed by atoms with Crippen LogP contribution in [0.15, 0.2) is 36.5 Å².